The fraction of sp³-hybridized carbons (Fsp3) is 0.400. The van der Waals surface area contributed by atoms with E-state index in [0.29, 0.717) is 0 Å². The van der Waals surface area contributed by atoms with Crippen molar-refractivity contribution in [2.24, 2.45) is 0 Å². The minimum atomic E-state index is -2.97. The van der Waals surface area contributed by atoms with Crippen LogP contribution in [-0.4, -0.2) is 11.7 Å². The van der Waals surface area contributed by atoms with Crippen LogP contribution in [0.3, 0.4) is 0 Å². The van der Waals surface area contributed by atoms with Gasteiger partial charge in [0, 0.05) is 19.1 Å². The van der Waals surface area contributed by atoms with E-state index in [-0.39, 0.29) is 24.2 Å². The van der Waals surface area contributed by atoms with Crippen LogP contribution in [0.5, 0.6) is 0 Å². The molecule has 0 saturated carbocycles. The van der Waals surface area contributed by atoms with Gasteiger partial charge in [-0.1, -0.05) is 6.07 Å². The second kappa shape index (κ2) is 4.00. The van der Waals surface area contributed by atoms with Crippen molar-refractivity contribution >= 4 is 0 Å². The van der Waals surface area contributed by atoms with Gasteiger partial charge in [-0.3, -0.25) is 0 Å². The van der Waals surface area contributed by atoms with Crippen molar-refractivity contribution in [1.82, 2.24) is 0 Å². The summed E-state index contributed by atoms with van der Waals surface area (Å²) in [5.41, 5.74) is -0.117. The first kappa shape index (κ1) is 11.0. The van der Waals surface area contributed by atoms with E-state index in [1.165, 1.54) is 0 Å². The van der Waals surface area contributed by atoms with Gasteiger partial charge in [0.05, 0.1) is 0 Å². The monoisotopic (exact) mass is 204 g/mol. The highest BCUT2D eigenvalue weighted by Gasteiger charge is 2.24. The van der Waals surface area contributed by atoms with Gasteiger partial charge < -0.3 is 5.11 Å². The topological polar surface area (TPSA) is 20.2 Å². The van der Waals surface area contributed by atoms with Crippen LogP contribution in [0.2, 0.25) is 0 Å². The summed E-state index contributed by atoms with van der Waals surface area (Å²) in [6, 6.07) is 3.14. The summed E-state index contributed by atoms with van der Waals surface area (Å²) in [7, 11) is 0. The maximum Gasteiger partial charge on any atom is 0.270 e. The van der Waals surface area contributed by atoms with Crippen LogP contribution in [0.25, 0.3) is 0 Å². The quantitative estimate of drug-likeness (QED) is 0.801. The van der Waals surface area contributed by atoms with Crippen LogP contribution in [0, 0.1) is 5.82 Å². The molecule has 0 aliphatic rings. The lowest BCUT2D eigenvalue weighted by atomic mass is 10.0. The van der Waals surface area contributed by atoms with Gasteiger partial charge in [0.25, 0.3) is 5.92 Å². The van der Waals surface area contributed by atoms with Crippen molar-refractivity contribution in [3.63, 3.8) is 0 Å². The first-order valence-electron chi connectivity index (χ1n) is 4.22. The lowest BCUT2D eigenvalue weighted by Gasteiger charge is -2.12. The average Bonchev–Trinajstić information content (AvgIpc) is 2.07. The molecule has 4 heteroatoms. The Labute approximate surface area is 80.2 Å². The summed E-state index contributed by atoms with van der Waals surface area (Å²) in [6.45, 7) is 0.499. The van der Waals surface area contributed by atoms with Gasteiger partial charge in [-0.15, -0.1) is 0 Å². The Morgan fingerprint density at radius 2 is 2.00 bits per heavy atom. The molecule has 0 aromatic heterocycles. The van der Waals surface area contributed by atoms with Gasteiger partial charge in [0.2, 0.25) is 0 Å². The number of alkyl halides is 2. The van der Waals surface area contributed by atoms with E-state index in [0.717, 1.165) is 25.1 Å². The Morgan fingerprint density at radius 3 is 2.50 bits per heavy atom. The lowest BCUT2D eigenvalue weighted by Crippen LogP contribution is -2.08. The molecule has 0 heterocycles. The summed E-state index contributed by atoms with van der Waals surface area (Å²) in [4.78, 5) is 0. The molecule has 0 bridgehead atoms. The zero-order valence-electron chi connectivity index (χ0n) is 7.73. The third-order valence-electron chi connectivity index (χ3n) is 1.93. The fourth-order valence-electron chi connectivity index (χ4n) is 1.16. The Bertz CT molecular complexity index is 318. The van der Waals surface area contributed by atoms with E-state index >= 15 is 0 Å². The molecule has 1 aromatic rings. The van der Waals surface area contributed by atoms with Gasteiger partial charge >= 0.3 is 0 Å². The molecular formula is C10H11F3O. The number of benzene rings is 1. The van der Waals surface area contributed by atoms with Crippen molar-refractivity contribution in [2.75, 3.05) is 6.61 Å². The number of halogens is 3. The molecule has 0 saturated heterocycles. The van der Waals surface area contributed by atoms with Crippen LogP contribution in [0.15, 0.2) is 18.2 Å². The molecule has 1 rings (SSSR count). The second-order valence-corrected chi connectivity index (χ2v) is 3.17. The summed E-state index contributed by atoms with van der Waals surface area (Å²) >= 11 is 0. The van der Waals surface area contributed by atoms with E-state index < -0.39 is 11.7 Å². The van der Waals surface area contributed by atoms with Crippen molar-refractivity contribution < 1.29 is 18.3 Å². The van der Waals surface area contributed by atoms with Crippen LogP contribution in [0.4, 0.5) is 13.2 Å². The van der Waals surface area contributed by atoms with Gasteiger partial charge in [-0.25, -0.2) is 13.2 Å². The van der Waals surface area contributed by atoms with Crippen molar-refractivity contribution in [1.29, 1.82) is 0 Å². The zero-order valence-corrected chi connectivity index (χ0v) is 7.73. The molecular weight excluding hydrogens is 193 g/mol. The third kappa shape index (κ3) is 2.48. The smallest absolute Gasteiger partial charge is 0.270 e. The van der Waals surface area contributed by atoms with Crippen LogP contribution in [-0.2, 0) is 12.3 Å². The molecule has 0 unspecified atom stereocenters. The number of aliphatic hydroxyl groups excluding tert-OH is 1. The Kier molecular flexibility index (Phi) is 3.16. The van der Waals surface area contributed by atoms with Crippen molar-refractivity contribution in [2.45, 2.75) is 19.3 Å². The average molecular weight is 204 g/mol. The molecule has 14 heavy (non-hydrogen) atoms. The van der Waals surface area contributed by atoms with Crippen LogP contribution < -0.4 is 0 Å². The molecule has 0 aliphatic carbocycles. The zero-order chi connectivity index (χ0) is 10.8. The van der Waals surface area contributed by atoms with E-state index in [1.54, 1.807) is 0 Å². The molecule has 1 N–H and O–H groups in total. The highest BCUT2D eigenvalue weighted by atomic mass is 19.3. The fourth-order valence-corrected chi connectivity index (χ4v) is 1.16. The molecule has 0 atom stereocenters. The first-order valence-corrected chi connectivity index (χ1v) is 4.22. The number of hydrogen-bond donors (Lipinski definition) is 1. The Balaban J connectivity index is 3.06. The Hall–Kier alpha value is -1.03. The van der Waals surface area contributed by atoms with Crippen LogP contribution in [0.1, 0.15) is 18.1 Å². The van der Waals surface area contributed by atoms with E-state index in [2.05, 4.69) is 0 Å². The maximum atomic E-state index is 13.0. The van der Waals surface area contributed by atoms with Crippen molar-refractivity contribution in [3.05, 3.63) is 35.1 Å². The highest BCUT2D eigenvalue weighted by molar-refractivity contribution is 5.28. The maximum absolute atomic E-state index is 13.0. The van der Waals surface area contributed by atoms with Gasteiger partial charge in [-0.2, -0.15) is 0 Å². The summed E-state index contributed by atoms with van der Waals surface area (Å²) in [5.74, 6) is -3.54. The second-order valence-electron chi connectivity index (χ2n) is 3.17. The summed E-state index contributed by atoms with van der Waals surface area (Å²) in [5, 5.41) is 8.58. The standard InChI is InChI=1S/C10H11F3O/c1-10(12,13)8-2-3-9(11)7(6-8)4-5-14/h2-3,6,14H,4-5H2,1H3. The number of aliphatic hydroxyl groups is 1. The highest BCUT2D eigenvalue weighted by Crippen LogP contribution is 2.28. The molecule has 0 spiro atoms. The molecule has 0 fully saturated rings. The van der Waals surface area contributed by atoms with Gasteiger partial charge in [-0.05, 0) is 24.1 Å². The SMILES string of the molecule is CC(F)(F)c1ccc(F)c(CCO)c1. The van der Waals surface area contributed by atoms with Gasteiger partial charge in [0.15, 0.2) is 0 Å². The van der Waals surface area contributed by atoms with E-state index in [9.17, 15) is 13.2 Å². The van der Waals surface area contributed by atoms with Gasteiger partial charge in [0.1, 0.15) is 5.82 Å². The van der Waals surface area contributed by atoms with E-state index in [1.807, 2.05) is 0 Å². The molecule has 0 radical (unpaired) electrons. The summed E-state index contributed by atoms with van der Waals surface area (Å²) in [6.07, 6.45) is 0.0513. The minimum absolute atomic E-state index is 0.0513. The van der Waals surface area contributed by atoms with Crippen molar-refractivity contribution in [3.8, 4) is 0 Å². The first-order chi connectivity index (χ1) is 6.45. The number of hydrogen-bond acceptors (Lipinski definition) is 1. The molecule has 78 valence electrons. The third-order valence-corrected chi connectivity index (χ3v) is 1.93. The largest absolute Gasteiger partial charge is 0.396 e. The normalized spacial score (nSPS) is 11.8. The Morgan fingerprint density at radius 1 is 1.36 bits per heavy atom. The minimum Gasteiger partial charge on any atom is -0.396 e. The molecule has 1 aromatic carbocycles. The molecule has 0 aliphatic heterocycles. The lowest BCUT2D eigenvalue weighted by molar-refractivity contribution is 0.0173. The number of rotatable bonds is 3. The summed E-state index contributed by atoms with van der Waals surface area (Å²) < 4.78 is 38.6. The van der Waals surface area contributed by atoms with E-state index in [4.69, 9.17) is 5.11 Å². The molecule has 1 nitrogen and oxygen atoms in total. The predicted octanol–water partition coefficient (Wildman–Crippen LogP) is 2.47. The van der Waals surface area contributed by atoms with Crippen LogP contribution >= 0.6 is 0 Å². The predicted molar refractivity (Wildman–Crippen MR) is 46.8 cm³/mol. The molecule has 0 amide bonds.